The van der Waals surface area contributed by atoms with Crippen LogP contribution in [0.2, 0.25) is 5.02 Å². The van der Waals surface area contributed by atoms with E-state index in [9.17, 15) is 9.18 Å². The standard InChI is InChI=1S/C24H24ClFN2O/c1-16-15-19(10-13-21(16)26)22(14-9-17-7-11-20(25)12-8-17)28-23(24(27)29)18-5-3-2-4-6-18/h2-8,10-13,15,22-23,28H,9,14H2,1H3,(H2,27,29)/t22-,23+/m0/s1. The Morgan fingerprint density at radius 1 is 1.03 bits per heavy atom. The number of benzene rings is 3. The second kappa shape index (κ2) is 9.68. The molecule has 29 heavy (non-hydrogen) atoms. The van der Waals surface area contributed by atoms with Gasteiger partial charge in [0.1, 0.15) is 11.9 Å². The van der Waals surface area contributed by atoms with Gasteiger partial charge in [-0.2, -0.15) is 0 Å². The molecule has 0 bridgehead atoms. The molecule has 3 nitrogen and oxygen atoms in total. The smallest absolute Gasteiger partial charge is 0.239 e. The van der Waals surface area contributed by atoms with Crippen LogP contribution in [0.1, 0.15) is 40.8 Å². The van der Waals surface area contributed by atoms with Crippen molar-refractivity contribution in [3.8, 4) is 0 Å². The van der Waals surface area contributed by atoms with Crippen LogP contribution < -0.4 is 11.1 Å². The lowest BCUT2D eigenvalue weighted by molar-refractivity contribution is -0.120. The molecule has 0 saturated heterocycles. The number of carbonyl (C=O) groups is 1. The predicted molar refractivity (Wildman–Crippen MR) is 115 cm³/mol. The van der Waals surface area contributed by atoms with Crippen LogP contribution in [0.5, 0.6) is 0 Å². The Morgan fingerprint density at radius 3 is 2.34 bits per heavy atom. The maximum atomic E-state index is 13.8. The summed E-state index contributed by atoms with van der Waals surface area (Å²) in [5.41, 5.74) is 9.12. The van der Waals surface area contributed by atoms with Gasteiger partial charge in [-0.1, -0.05) is 66.2 Å². The SMILES string of the molecule is Cc1cc([C@H](CCc2ccc(Cl)cc2)N[C@@H](C(N)=O)c2ccccc2)ccc1F. The average Bonchev–Trinajstić information content (AvgIpc) is 2.72. The zero-order valence-electron chi connectivity index (χ0n) is 16.2. The van der Waals surface area contributed by atoms with Crippen LogP contribution in [0, 0.1) is 12.7 Å². The Bertz CT molecular complexity index is 960. The number of amides is 1. The molecule has 3 aromatic carbocycles. The van der Waals surface area contributed by atoms with E-state index in [0.717, 1.165) is 23.1 Å². The van der Waals surface area contributed by atoms with Gasteiger partial charge >= 0.3 is 0 Å². The van der Waals surface area contributed by atoms with E-state index in [-0.39, 0.29) is 11.9 Å². The van der Waals surface area contributed by atoms with Gasteiger partial charge in [-0.3, -0.25) is 10.1 Å². The summed E-state index contributed by atoms with van der Waals surface area (Å²) in [7, 11) is 0. The molecule has 0 aliphatic rings. The Balaban J connectivity index is 1.87. The summed E-state index contributed by atoms with van der Waals surface area (Å²) in [4.78, 5) is 12.2. The maximum absolute atomic E-state index is 13.8. The van der Waals surface area contributed by atoms with E-state index in [1.165, 1.54) is 6.07 Å². The van der Waals surface area contributed by atoms with Gasteiger partial charge in [0, 0.05) is 11.1 Å². The fraction of sp³-hybridized carbons (Fsp3) is 0.208. The van der Waals surface area contributed by atoms with E-state index in [4.69, 9.17) is 17.3 Å². The number of nitrogens with one attached hydrogen (secondary N) is 1. The molecule has 0 aliphatic carbocycles. The van der Waals surface area contributed by atoms with Crippen LogP contribution in [-0.2, 0) is 11.2 Å². The first-order valence-electron chi connectivity index (χ1n) is 9.55. The van der Waals surface area contributed by atoms with Gasteiger partial charge in [0.25, 0.3) is 0 Å². The molecule has 0 heterocycles. The van der Waals surface area contributed by atoms with Crippen LogP contribution >= 0.6 is 11.6 Å². The molecule has 0 unspecified atom stereocenters. The zero-order chi connectivity index (χ0) is 20.8. The normalized spacial score (nSPS) is 13.1. The molecule has 3 rings (SSSR count). The van der Waals surface area contributed by atoms with Crippen LogP contribution in [0.15, 0.2) is 72.8 Å². The number of carbonyl (C=O) groups excluding carboxylic acids is 1. The van der Waals surface area contributed by atoms with Crippen molar-refractivity contribution in [1.82, 2.24) is 5.32 Å². The van der Waals surface area contributed by atoms with Gasteiger partial charge in [0.05, 0.1) is 0 Å². The fourth-order valence-electron chi connectivity index (χ4n) is 3.38. The van der Waals surface area contributed by atoms with E-state index in [0.29, 0.717) is 17.0 Å². The molecule has 150 valence electrons. The van der Waals surface area contributed by atoms with Gasteiger partial charge in [-0.05, 0) is 60.2 Å². The van der Waals surface area contributed by atoms with Crippen molar-refractivity contribution in [2.75, 3.05) is 0 Å². The lowest BCUT2D eigenvalue weighted by Crippen LogP contribution is -2.36. The summed E-state index contributed by atoms with van der Waals surface area (Å²) in [6, 6.07) is 21.3. The molecular formula is C24H24ClFN2O. The molecule has 5 heteroatoms. The maximum Gasteiger partial charge on any atom is 0.239 e. The monoisotopic (exact) mass is 410 g/mol. The second-order valence-electron chi connectivity index (χ2n) is 7.14. The van der Waals surface area contributed by atoms with Crippen molar-refractivity contribution in [1.29, 1.82) is 0 Å². The highest BCUT2D eigenvalue weighted by Gasteiger charge is 2.23. The Labute approximate surface area is 175 Å². The van der Waals surface area contributed by atoms with Crippen LogP contribution in [0.4, 0.5) is 4.39 Å². The Kier molecular flexibility index (Phi) is 7.02. The molecule has 3 aromatic rings. The minimum atomic E-state index is -0.642. The van der Waals surface area contributed by atoms with Crippen molar-refractivity contribution in [3.63, 3.8) is 0 Å². The van der Waals surface area contributed by atoms with Crippen LogP contribution in [0.3, 0.4) is 0 Å². The van der Waals surface area contributed by atoms with Crippen molar-refractivity contribution in [3.05, 3.63) is 106 Å². The van der Waals surface area contributed by atoms with Crippen LogP contribution in [0.25, 0.3) is 0 Å². The van der Waals surface area contributed by atoms with Gasteiger partial charge in [-0.25, -0.2) is 4.39 Å². The number of hydrogen-bond donors (Lipinski definition) is 2. The topological polar surface area (TPSA) is 55.1 Å². The first-order valence-corrected chi connectivity index (χ1v) is 9.92. The third-order valence-corrected chi connectivity index (χ3v) is 5.26. The molecule has 0 spiro atoms. The van der Waals surface area contributed by atoms with Gasteiger partial charge in [0.15, 0.2) is 0 Å². The Morgan fingerprint density at radius 2 is 1.72 bits per heavy atom. The van der Waals surface area contributed by atoms with Gasteiger partial charge < -0.3 is 5.73 Å². The summed E-state index contributed by atoms with van der Waals surface area (Å²) in [6.07, 6.45) is 1.48. The lowest BCUT2D eigenvalue weighted by Gasteiger charge is -2.25. The fourth-order valence-corrected chi connectivity index (χ4v) is 3.51. The number of rotatable bonds is 8. The van der Waals surface area contributed by atoms with E-state index >= 15 is 0 Å². The third-order valence-electron chi connectivity index (χ3n) is 5.00. The average molecular weight is 411 g/mol. The highest BCUT2D eigenvalue weighted by molar-refractivity contribution is 6.30. The molecule has 0 aromatic heterocycles. The van der Waals surface area contributed by atoms with E-state index in [1.54, 1.807) is 13.0 Å². The van der Waals surface area contributed by atoms with E-state index in [2.05, 4.69) is 5.32 Å². The number of aryl methyl sites for hydroxylation is 2. The molecule has 0 radical (unpaired) electrons. The number of halogens is 2. The number of hydrogen-bond acceptors (Lipinski definition) is 2. The summed E-state index contributed by atoms with van der Waals surface area (Å²) in [5, 5.41) is 4.08. The summed E-state index contributed by atoms with van der Waals surface area (Å²) >= 11 is 5.97. The molecule has 0 fully saturated rings. The molecule has 1 amide bonds. The summed E-state index contributed by atoms with van der Waals surface area (Å²) in [6.45, 7) is 1.73. The van der Waals surface area contributed by atoms with Crippen molar-refractivity contribution in [2.45, 2.75) is 31.8 Å². The molecule has 2 atom stereocenters. The van der Waals surface area contributed by atoms with E-state index in [1.807, 2.05) is 60.7 Å². The third kappa shape index (κ3) is 5.66. The first-order chi connectivity index (χ1) is 13.9. The molecule has 3 N–H and O–H groups in total. The number of primary amides is 1. The van der Waals surface area contributed by atoms with Crippen molar-refractivity contribution >= 4 is 17.5 Å². The quantitative estimate of drug-likeness (QED) is 0.531. The second-order valence-corrected chi connectivity index (χ2v) is 7.58. The van der Waals surface area contributed by atoms with Crippen molar-refractivity contribution < 1.29 is 9.18 Å². The van der Waals surface area contributed by atoms with Gasteiger partial charge in [0.2, 0.25) is 5.91 Å². The minimum absolute atomic E-state index is 0.178. The zero-order valence-corrected chi connectivity index (χ0v) is 17.0. The molecule has 0 saturated carbocycles. The largest absolute Gasteiger partial charge is 0.368 e. The van der Waals surface area contributed by atoms with E-state index < -0.39 is 11.9 Å². The Hall–Kier alpha value is -2.69. The molecule has 0 aliphatic heterocycles. The highest BCUT2D eigenvalue weighted by Crippen LogP contribution is 2.26. The predicted octanol–water partition coefficient (Wildman–Crippen LogP) is 5.28. The summed E-state index contributed by atoms with van der Waals surface area (Å²) < 4.78 is 13.8. The number of nitrogens with two attached hydrogens (primary N) is 1. The van der Waals surface area contributed by atoms with Crippen molar-refractivity contribution in [2.24, 2.45) is 5.73 Å². The minimum Gasteiger partial charge on any atom is -0.368 e. The lowest BCUT2D eigenvalue weighted by atomic mass is 9.95. The first kappa shape index (κ1) is 21.0. The molecular weight excluding hydrogens is 387 g/mol. The van der Waals surface area contributed by atoms with Gasteiger partial charge in [-0.15, -0.1) is 0 Å². The summed E-state index contributed by atoms with van der Waals surface area (Å²) in [5.74, 6) is -0.703. The highest BCUT2D eigenvalue weighted by atomic mass is 35.5. The van der Waals surface area contributed by atoms with Crippen LogP contribution in [-0.4, -0.2) is 5.91 Å².